The van der Waals surface area contributed by atoms with Crippen LogP contribution in [0.3, 0.4) is 0 Å². The highest BCUT2D eigenvalue weighted by atomic mass is 19.4. The fourth-order valence-corrected chi connectivity index (χ4v) is 3.37. The van der Waals surface area contributed by atoms with Crippen LogP contribution in [0.4, 0.5) is 13.2 Å². The first kappa shape index (κ1) is 20.6. The van der Waals surface area contributed by atoms with E-state index in [2.05, 4.69) is 14.7 Å². The highest BCUT2D eigenvalue weighted by Crippen LogP contribution is 2.32. The van der Waals surface area contributed by atoms with Gasteiger partial charge in [0, 0.05) is 43.9 Å². The number of nitrogens with zero attached hydrogens (tertiary/aromatic N) is 4. The van der Waals surface area contributed by atoms with Gasteiger partial charge in [-0.05, 0) is 29.3 Å². The first-order valence-corrected chi connectivity index (χ1v) is 9.27. The zero-order chi connectivity index (χ0) is 22.3. The quantitative estimate of drug-likeness (QED) is 0.632. The summed E-state index contributed by atoms with van der Waals surface area (Å²) < 4.78 is 42.4. The molecule has 1 aliphatic heterocycles. The van der Waals surface area contributed by atoms with E-state index < -0.39 is 12.1 Å². The Labute approximate surface area is 175 Å². The Bertz CT molecular complexity index is 1170. The van der Waals surface area contributed by atoms with Gasteiger partial charge in [-0.1, -0.05) is 29.4 Å². The average molecular weight is 430 g/mol. The summed E-state index contributed by atoms with van der Waals surface area (Å²) in [6.45, 7) is 0.637. The summed E-state index contributed by atoms with van der Waals surface area (Å²) in [6, 6.07) is 11.7. The molecule has 0 saturated carbocycles. The number of benzene rings is 2. The zero-order valence-corrected chi connectivity index (χ0v) is 16.6. The summed E-state index contributed by atoms with van der Waals surface area (Å²) in [6.07, 6.45) is -4.74. The van der Waals surface area contributed by atoms with E-state index in [4.69, 9.17) is 0 Å². The van der Waals surface area contributed by atoms with E-state index in [1.807, 2.05) is 6.07 Å². The Morgan fingerprint density at radius 1 is 1.19 bits per heavy atom. The fourth-order valence-electron chi connectivity index (χ4n) is 3.37. The number of alkyl halides is 3. The summed E-state index contributed by atoms with van der Waals surface area (Å²) in [5, 5.41) is 3.36. The van der Waals surface area contributed by atoms with Crippen LogP contribution < -0.4 is 0 Å². The molecule has 0 N–H and O–H groups in total. The molecule has 2 amide bonds. The number of hydrogen-bond acceptors (Lipinski definition) is 5. The summed E-state index contributed by atoms with van der Waals surface area (Å²) in [5.74, 6) is -2.08. The summed E-state index contributed by atoms with van der Waals surface area (Å²) in [7, 11) is 3.32. The summed E-state index contributed by atoms with van der Waals surface area (Å²) in [4.78, 5) is 31.5. The number of hydrogen-bond donors (Lipinski definition) is 0. The molecule has 3 aromatic rings. The number of aromatic nitrogens is 2. The number of halogens is 3. The third-order valence-corrected chi connectivity index (χ3v) is 4.87. The molecule has 1 aromatic heterocycles. The van der Waals surface area contributed by atoms with Crippen LogP contribution in [0.25, 0.3) is 11.4 Å². The number of fused-ring (bicyclic) bond motifs is 1. The van der Waals surface area contributed by atoms with Crippen molar-refractivity contribution >= 4 is 11.8 Å². The molecule has 0 fully saturated rings. The standard InChI is InChI=1S/C21H17F3N4O3/c1-27(2)18(29)14-5-3-4-12(8-14)10-28-11-15-7-6-13(9-16(15)19(28)30)17-25-20(31-26-17)21(22,23)24/h3-9H,10-11H2,1-2H3. The van der Waals surface area contributed by atoms with Gasteiger partial charge in [0.2, 0.25) is 5.82 Å². The van der Waals surface area contributed by atoms with Gasteiger partial charge in [0.1, 0.15) is 0 Å². The lowest BCUT2D eigenvalue weighted by atomic mass is 10.1. The van der Waals surface area contributed by atoms with Gasteiger partial charge in [-0.15, -0.1) is 0 Å². The van der Waals surface area contributed by atoms with Crippen molar-refractivity contribution < 1.29 is 27.3 Å². The molecule has 0 aliphatic carbocycles. The molecule has 0 atom stereocenters. The first-order valence-electron chi connectivity index (χ1n) is 9.27. The van der Waals surface area contributed by atoms with Gasteiger partial charge in [0.25, 0.3) is 11.8 Å². The second kappa shape index (κ2) is 7.53. The maximum Gasteiger partial charge on any atom is 0.471 e. The Balaban J connectivity index is 1.55. The molecular weight excluding hydrogens is 413 g/mol. The highest BCUT2D eigenvalue weighted by Gasteiger charge is 2.38. The Morgan fingerprint density at radius 2 is 1.97 bits per heavy atom. The largest absolute Gasteiger partial charge is 0.471 e. The maximum atomic E-state index is 12.9. The minimum absolute atomic E-state index is 0.138. The van der Waals surface area contributed by atoms with E-state index in [0.29, 0.717) is 17.7 Å². The molecule has 4 rings (SSSR count). The Hall–Kier alpha value is -3.69. The van der Waals surface area contributed by atoms with Crippen molar-refractivity contribution in [1.29, 1.82) is 0 Å². The van der Waals surface area contributed by atoms with Crippen LogP contribution in [0.5, 0.6) is 0 Å². The van der Waals surface area contributed by atoms with Crippen LogP contribution in [0.2, 0.25) is 0 Å². The molecule has 160 valence electrons. The van der Waals surface area contributed by atoms with Gasteiger partial charge in [-0.2, -0.15) is 18.2 Å². The molecule has 7 nitrogen and oxygen atoms in total. The van der Waals surface area contributed by atoms with Gasteiger partial charge >= 0.3 is 12.1 Å². The van der Waals surface area contributed by atoms with E-state index in [9.17, 15) is 22.8 Å². The van der Waals surface area contributed by atoms with Crippen LogP contribution in [-0.2, 0) is 19.3 Å². The van der Waals surface area contributed by atoms with Crippen LogP contribution in [0.1, 0.15) is 37.7 Å². The van der Waals surface area contributed by atoms with Gasteiger partial charge in [-0.25, -0.2) is 0 Å². The van der Waals surface area contributed by atoms with E-state index in [1.54, 1.807) is 49.3 Å². The molecule has 0 spiro atoms. The second-order valence-corrected chi connectivity index (χ2v) is 7.35. The lowest BCUT2D eigenvalue weighted by Crippen LogP contribution is -2.24. The maximum absolute atomic E-state index is 12.9. The van der Waals surface area contributed by atoms with Crippen molar-refractivity contribution in [2.75, 3.05) is 14.1 Å². The van der Waals surface area contributed by atoms with E-state index >= 15 is 0 Å². The monoisotopic (exact) mass is 430 g/mol. The highest BCUT2D eigenvalue weighted by molar-refractivity contribution is 5.99. The fraction of sp³-hybridized carbons (Fsp3) is 0.238. The minimum Gasteiger partial charge on any atom is -0.345 e. The zero-order valence-electron chi connectivity index (χ0n) is 16.6. The van der Waals surface area contributed by atoms with Crippen molar-refractivity contribution in [2.45, 2.75) is 19.3 Å². The third-order valence-electron chi connectivity index (χ3n) is 4.87. The third kappa shape index (κ3) is 4.00. The number of amides is 2. The molecule has 1 aliphatic rings. The SMILES string of the molecule is CN(C)C(=O)c1cccc(CN2Cc3ccc(-c4noc(C(F)(F)F)n4)cc3C2=O)c1. The van der Waals surface area contributed by atoms with Gasteiger partial charge in [-0.3, -0.25) is 9.59 Å². The lowest BCUT2D eigenvalue weighted by Gasteiger charge is -2.17. The van der Waals surface area contributed by atoms with Crippen molar-refractivity contribution in [3.8, 4) is 11.4 Å². The normalized spacial score (nSPS) is 13.5. The molecular formula is C21H17F3N4O3. The average Bonchev–Trinajstić information content (AvgIpc) is 3.33. The molecule has 31 heavy (non-hydrogen) atoms. The minimum atomic E-state index is -4.74. The topological polar surface area (TPSA) is 79.5 Å². The van der Waals surface area contributed by atoms with E-state index in [1.165, 1.54) is 11.0 Å². The number of carbonyl (C=O) groups excluding carboxylic acids is 2. The predicted octanol–water partition coefficient (Wildman–Crippen LogP) is 3.61. The smallest absolute Gasteiger partial charge is 0.345 e. The first-order chi connectivity index (χ1) is 14.6. The van der Waals surface area contributed by atoms with Crippen molar-refractivity contribution in [1.82, 2.24) is 19.9 Å². The van der Waals surface area contributed by atoms with Gasteiger partial charge < -0.3 is 14.3 Å². The molecule has 0 bridgehead atoms. The summed E-state index contributed by atoms with van der Waals surface area (Å²) >= 11 is 0. The van der Waals surface area contributed by atoms with E-state index in [0.717, 1.165) is 11.1 Å². The Kier molecular flexibility index (Phi) is 5.00. The van der Waals surface area contributed by atoms with Crippen LogP contribution >= 0.6 is 0 Å². The predicted molar refractivity (Wildman–Crippen MR) is 103 cm³/mol. The molecule has 0 radical (unpaired) electrons. The molecule has 2 heterocycles. The van der Waals surface area contributed by atoms with Crippen LogP contribution in [0.15, 0.2) is 47.0 Å². The molecule has 2 aromatic carbocycles. The Morgan fingerprint density at radius 3 is 2.65 bits per heavy atom. The number of carbonyl (C=O) groups is 2. The molecule has 0 saturated heterocycles. The van der Waals surface area contributed by atoms with Gasteiger partial charge in [0.05, 0.1) is 0 Å². The lowest BCUT2D eigenvalue weighted by molar-refractivity contribution is -0.159. The van der Waals surface area contributed by atoms with Crippen molar-refractivity contribution in [3.05, 3.63) is 70.6 Å². The van der Waals surface area contributed by atoms with E-state index in [-0.39, 0.29) is 29.7 Å². The molecule has 0 unspecified atom stereocenters. The van der Waals surface area contributed by atoms with Crippen molar-refractivity contribution in [3.63, 3.8) is 0 Å². The second-order valence-electron chi connectivity index (χ2n) is 7.35. The van der Waals surface area contributed by atoms with Crippen LogP contribution in [-0.4, -0.2) is 45.9 Å². The number of rotatable bonds is 4. The molecule has 10 heteroatoms. The van der Waals surface area contributed by atoms with Gasteiger partial charge in [0.15, 0.2) is 0 Å². The summed E-state index contributed by atoms with van der Waals surface area (Å²) in [5.41, 5.74) is 2.69. The van der Waals surface area contributed by atoms with Crippen molar-refractivity contribution in [2.24, 2.45) is 0 Å². The van der Waals surface area contributed by atoms with Crippen LogP contribution in [0, 0.1) is 0 Å².